The van der Waals surface area contributed by atoms with E-state index < -0.39 is 10.0 Å². The first-order valence-electron chi connectivity index (χ1n) is 6.65. The van der Waals surface area contributed by atoms with Crippen LogP contribution in [0.25, 0.3) is 0 Å². The summed E-state index contributed by atoms with van der Waals surface area (Å²) in [4.78, 5) is 2.17. The molecule has 7 nitrogen and oxygen atoms in total. The summed E-state index contributed by atoms with van der Waals surface area (Å²) in [7, 11) is 0.376. The van der Waals surface area contributed by atoms with Crippen LogP contribution in [0.5, 0.6) is 0 Å². The van der Waals surface area contributed by atoms with Crippen LogP contribution < -0.4 is 4.72 Å². The molecule has 2 N–H and O–H groups in total. The number of aliphatic hydroxyl groups excluding tert-OH is 1. The van der Waals surface area contributed by atoms with Gasteiger partial charge in [-0.1, -0.05) is 0 Å². The van der Waals surface area contributed by atoms with Crippen LogP contribution >= 0.6 is 0 Å². The molecule has 0 aromatic carbocycles. The van der Waals surface area contributed by atoms with Gasteiger partial charge in [-0.3, -0.25) is 4.68 Å². The van der Waals surface area contributed by atoms with E-state index in [-0.39, 0.29) is 17.5 Å². The molecule has 1 rings (SSSR count). The van der Waals surface area contributed by atoms with Crippen molar-refractivity contribution >= 4 is 10.0 Å². The van der Waals surface area contributed by atoms with E-state index in [0.717, 1.165) is 13.0 Å². The summed E-state index contributed by atoms with van der Waals surface area (Å²) in [6.07, 6.45) is 4.10. The summed E-state index contributed by atoms with van der Waals surface area (Å²) in [5.41, 5.74) is 0. The lowest BCUT2D eigenvalue weighted by Gasteiger charge is -2.16. The predicted molar refractivity (Wildman–Crippen MR) is 76.9 cm³/mol. The van der Waals surface area contributed by atoms with Crippen LogP contribution in [-0.4, -0.2) is 61.5 Å². The molecule has 0 fully saturated rings. The minimum atomic E-state index is -3.53. The summed E-state index contributed by atoms with van der Waals surface area (Å²) in [5, 5.41) is 12.7. The molecule has 0 radical (unpaired) electrons. The van der Waals surface area contributed by atoms with Crippen molar-refractivity contribution in [3.05, 3.63) is 12.4 Å². The Morgan fingerprint density at radius 2 is 2.20 bits per heavy atom. The summed E-state index contributed by atoms with van der Waals surface area (Å²) in [5.74, 6) is 0. The molecule has 116 valence electrons. The lowest BCUT2D eigenvalue weighted by molar-refractivity contribution is 0.277. The smallest absolute Gasteiger partial charge is 0.243 e. The van der Waals surface area contributed by atoms with Crippen molar-refractivity contribution in [2.45, 2.75) is 37.2 Å². The Balaban J connectivity index is 2.61. The number of hydrogen-bond donors (Lipinski definition) is 2. The molecule has 0 bridgehead atoms. The van der Waals surface area contributed by atoms with Crippen molar-refractivity contribution in [3.8, 4) is 0 Å². The number of sulfonamides is 1. The molecule has 0 amide bonds. The minimum absolute atomic E-state index is 0.0573. The maximum Gasteiger partial charge on any atom is 0.243 e. The highest BCUT2D eigenvalue weighted by atomic mass is 32.2. The zero-order chi connectivity index (χ0) is 15.2. The van der Waals surface area contributed by atoms with E-state index in [1.54, 1.807) is 0 Å². The van der Waals surface area contributed by atoms with Crippen molar-refractivity contribution in [2.24, 2.45) is 0 Å². The van der Waals surface area contributed by atoms with Gasteiger partial charge in [0.1, 0.15) is 4.90 Å². The van der Waals surface area contributed by atoms with Crippen molar-refractivity contribution in [2.75, 3.05) is 27.2 Å². The van der Waals surface area contributed by atoms with Gasteiger partial charge >= 0.3 is 0 Å². The summed E-state index contributed by atoms with van der Waals surface area (Å²) >= 11 is 0. The van der Waals surface area contributed by atoms with Gasteiger partial charge in [0.15, 0.2) is 0 Å². The Kier molecular flexibility index (Phi) is 6.60. The van der Waals surface area contributed by atoms with Crippen LogP contribution in [0.2, 0.25) is 0 Å². The number of aromatic nitrogens is 2. The number of rotatable bonds is 9. The van der Waals surface area contributed by atoms with Crippen LogP contribution in [0, 0.1) is 0 Å². The highest BCUT2D eigenvalue weighted by molar-refractivity contribution is 7.89. The molecule has 1 aromatic rings. The molecule has 0 aliphatic rings. The first kappa shape index (κ1) is 17.1. The highest BCUT2D eigenvalue weighted by Gasteiger charge is 2.19. The largest absolute Gasteiger partial charge is 0.396 e. The van der Waals surface area contributed by atoms with E-state index in [1.807, 2.05) is 25.9 Å². The maximum atomic E-state index is 12.1. The van der Waals surface area contributed by atoms with Crippen molar-refractivity contribution in [3.63, 3.8) is 0 Å². The van der Waals surface area contributed by atoms with Crippen molar-refractivity contribution < 1.29 is 13.5 Å². The van der Waals surface area contributed by atoms with Gasteiger partial charge in [-0.25, -0.2) is 13.1 Å². The summed E-state index contributed by atoms with van der Waals surface area (Å²) in [6.45, 7) is 3.22. The Bertz CT molecular complexity index is 499. The van der Waals surface area contributed by atoms with Crippen LogP contribution in [0.4, 0.5) is 0 Å². The Hall–Kier alpha value is -0.960. The van der Waals surface area contributed by atoms with Gasteiger partial charge in [0, 0.05) is 25.4 Å². The molecule has 0 aliphatic carbocycles. The first-order valence-corrected chi connectivity index (χ1v) is 8.14. The fourth-order valence-corrected chi connectivity index (χ4v) is 2.91. The Morgan fingerprint density at radius 1 is 1.50 bits per heavy atom. The van der Waals surface area contributed by atoms with Gasteiger partial charge in [0.05, 0.1) is 6.20 Å². The standard InChI is InChI=1S/C12H24N4O3S/c1-11(5-7-15(2)3)14-20(18,19)12-9-13-16(10-12)6-4-8-17/h9-11,14,17H,4-8H2,1-3H3. The van der Waals surface area contributed by atoms with Gasteiger partial charge in [-0.05, 0) is 40.4 Å². The third-order valence-electron chi connectivity index (χ3n) is 2.83. The molecule has 0 spiro atoms. The fraction of sp³-hybridized carbons (Fsp3) is 0.750. The van der Waals surface area contributed by atoms with E-state index in [2.05, 4.69) is 9.82 Å². The van der Waals surface area contributed by atoms with E-state index in [0.29, 0.717) is 13.0 Å². The van der Waals surface area contributed by atoms with Gasteiger partial charge < -0.3 is 10.0 Å². The lowest BCUT2D eigenvalue weighted by atomic mass is 10.2. The zero-order valence-corrected chi connectivity index (χ0v) is 13.1. The third-order valence-corrected chi connectivity index (χ3v) is 4.37. The molecule has 1 atom stereocenters. The topological polar surface area (TPSA) is 87.5 Å². The molecular weight excluding hydrogens is 280 g/mol. The third kappa shape index (κ3) is 5.58. The summed E-state index contributed by atoms with van der Waals surface area (Å²) < 4.78 is 28.5. The van der Waals surface area contributed by atoms with Crippen molar-refractivity contribution in [1.29, 1.82) is 0 Å². The van der Waals surface area contributed by atoms with Gasteiger partial charge in [0.25, 0.3) is 0 Å². The summed E-state index contributed by atoms with van der Waals surface area (Å²) in [6, 6.07) is -0.136. The molecule has 20 heavy (non-hydrogen) atoms. The molecule has 0 saturated heterocycles. The average Bonchev–Trinajstić information content (AvgIpc) is 2.83. The monoisotopic (exact) mass is 304 g/mol. The Labute approximate surface area is 120 Å². The highest BCUT2D eigenvalue weighted by Crippen LogP contribution is 2.09. The maximum absolute atomic E-state index is 12.1. The number of hydrogen-bond acceptors (Lipinski definition) is 5. The van der Waals surface area contributed by atoms with Gasteiger partial charge in [0.2, 0.25) is 10.0 Å². The second-order valence-corrected chi connectivity index (χ2v) is 6.84. The van der Waals surface area contributed by atoms with Crippen LogP contribution in [-0.2, 0) is 16.6 Å². The normalized spacial score (nSPS) is 13.8. The minimum Gasteiger partial charge on any atom is -0.396 e. The predicted octanol–water partition coefficient (Wildman–Crippen LogP) is -0.116. The van der Waals surface area contributed by atoms with E-state index in [9.17, 15) is 8.42 Å². The zero-order valence-electron chi connectivity index (χ0n) is 12.3. The lowest BCUT2D eigenvalue weighted by Crippen LogP contribution is -2.34. The number of aliphatic hydroxyl groups is 1. The number of nitrogens with one attached hydrogen (secondary N) is 1. The average molecular weight is 304 g/mol. The first-order chi connectivity index (χ1) is 9.35. The quantitative estimate of drug-likeness (QED) is 0.664. The van der Waals surface area contributed by atoms with E-state index in [4.69, 9.17) is 5.11 Å². The van der Waals surface area contributed by atoms with E-state index >= 15 is 0 Å². The van der Waals surface area contributed by atoms with Gasteiger partial charge in [-0.2, -0.15) is 5.10 Å². The number of aryl methyl sites for hydroxylation is 1. The van der Waals surface area contributed by atoms with E-state index in [1.165, 1.54) is 17.1 Å². The molecule has 0 saturated carbocycles. The van der Waals surface area contributed by atoms with Crippen LogP contribution in [0.3, 0.4) is 0 Å². The molecule has 8 heteroatoms. The van der Waals surface area contributed by atoms with Crippen LogP contribution in [0.15, 0.2) is 17.3 Å². The molecule has 1 unspecified atom stereocenters. The Morgan fingerprint density at radius 3 is 2.80 bits per heavy atom. The molecular formula is C12H24N4O3S. The van der Waals surface area contributed by atoms with Crippen molar-refractivity contribution in [1.82, 2.24) is 19.4 Å². The molecule has 1 heterocycles. The second-order valence-electron chi connectivity index (χ2n) is 5.13. The molecule has 1 aromatic heterocycles. The number of nitrogens with zero attached hydrogens (tertiary/aromatic N) is 3. The molecule has 0 aliphatic heterocycles. The van der Waals surface area contributed by atoms with Gasteiger partial charge in [-0.15, -0.1) is 0 Å². The van der Waals surface area contributed by atoms with Crippen LogP contribution in [0.1, 0.15) is 19.8 Å². The SMILES string of the molecule is CC(CCN(C)C)NS(=O)(=O)c1cnn(CCCO)c1. The second kappa shape index (κ2) is 7.72. The fourth-order valence-electron chi connectivity index (χ4n) is 1.68.